The van der Waals surface area contributed by atoms with E-state index in [9.17, 15) is 14.0 Å². The summed E-state index contributed by atoms with van der Waals surface area (Å²) in [5.41, 5.74) is 0.858. The molecule has 1 aromatic carbocycles. The Labute approximate surface area is 133 Å². The van der Waals surface area contributed by atoms with Crippen LogP contribution in [0.5, 0.6) is 0 Å². The molecule has 2 aromatic rings. The van der Waals surface area contributed by atoms with Gasteiger partial charge in [-0.1, -0.05) is 17.3 Å². The molecule has 0 bridgehead atoms. The van der Waals surface area contributed by atoms with Gasteiger partial charge >= 0.3 is 0 Å². The topological polar surface area (TPSA) is 84.2 Å². The standard InChI is InChI=1S/C16H18FN3O3/c1-10-9-14(20-23-10)19-16(22)11(2)18-15(21)8-5-12-3-6-13(17)7-4-12/h3-4,6-7,9,11H,5,8H2,1-2H3,(H,18,21)(H,19,20,22). The normalized spacial score (nSPS) is 11.8. The Hall–Kier alpha value is -2.70. The number of hydrogen-bond donors (Lipinski definition) is 2. The van der Waals surface area contributed by atoms with Crippen LogP contribution >= 0.6 is 0 Å². The first kappa shape index (κ1) is 16.7. The number of halogens is 1. The predicted octanol–water partition coefficient (Wildman–Crippen LogP) is 2.20. The number of aromatic nitrogens is 1. The van der Waals surface area contributed by atoms with E-state index < -0.39 is 6.04 Å². The molecule has 7 heteroatoms. The first-order valence-corrected chi connectivity index (χ1v) is 7.22. The van der Waals surface area contributed by atoms with E-state index in [4.69, 9.17) is 4.52 Å². The molecule has 2 amide bonds. The van der Waals surface area contributed by atoms with E-state index in [1.807, 2.05) is 0 Å². The molecule has 0 aliphatic rings. The second kappa shape index (κ2) is 7.53. The zero-order chi connectivity index (χ0) is 16.8. The molecule has 0 spiro atoms. The van der Waals surface area contributed by atoms with Crippen LogP contribution < -0.4 is 10.6 Å². The van der Waals surface area contributed by atoms with E-state index in [2.05, 4.69) is 15.8 Å². The zero-order valence-corrected chi connectivity index (χ0v) is 12.9. The molecule has 0 radical (unpaired) electrons. The lowest BCUT2D eigenvalue weighted by atomic mass is 10.1. The smallest absolute Gasteiger partial charge is 0.247 e. The molecule has 0 fully saturated rings. The molecule has 0 saturated carbocycles. The fourth-order valence-electron chi connectivity index (χ4n) is 1.95. The molecule has 23 heavy (non-hydrogen) atoms. The molecule has 0 aliphatic heterocycles. The highest BCUT2D eigenvalue weighted by atomic mass is 19.1. The molecular weight excluding hydrogens is 301 g/mol. The van der Waals surface area contributed by atoms with Crippen molar-refractivity contribution in [3.63, 3.8) is 0 Å². The molecule has 1 unspecified atom stereocenters. The summed E-state index contributed by atoms with van der Waals surface area (Å²) in [5.74, 6) is -0.0653. The van der Waals surface area contributed by atoms with E-state index in [1.54, 1.807) is 32.0 Å². The van der Waals surface area contributed by atoms with Crippen molar-refractivity contribution in [2.24, 2.45) is 0 Å². The van der Waals surface area contributed by atoms with E-state index in [0.717, 1.165) is 5.56 Å². The average Bonchev–Trinajstić information content (AvgIpc) is 2.91. The van der Waals surface area contributed by atoms with Crippen molar-refractivity contribution in [2.45, 2.75) is 32.7 Å². The molecule has 0 saturated heterocycles. The molecule has 2 rings (SSSR count). The van der Waals surface area contributed by atoms with Gasteiger partial charge in [0.1, 0.15) is 17.6 Å². The quantitative estimate of drug-likeness (QED) is 0.855. The summed E-state index contributed by atoms with van der Waals surface area (Å²) >= 11 is 0. The van der Waals surface area contributed by atoms with Crippen molar-refractivity contribution in [2.75, 3.05) is 5.32 Å². The Balaban J connectivity index is 1.77. The van der Waals surface area contributed by atoms with Gasteiger partial charge in [-0.2, -0.15) is 0 Å². The summed E-state index contributed by atoms with van der Waals surface area (Å²) in [6.45, 7) is 3.29. The number of benzene rings is 1. The van der Waals surface area contributed by atoms with Crippen LogP contribution in [0.4, 0.5) is 10.2 Å². The lowest BCUT2D eigenvalue weighted by Crippen LogP contribution is -2.41. The van der Waals surface area contributed by atoms with Crippen molar-refractivity contribution < 1.29 is 18.5 Å². The first-order chi connectivity index (χ1) is 10.9. The number of carbonyl (C=O) groups is 2. The van der Waals surface area contributed by atoms with Crippen LogP contribution in [-0.2, 0) is 16.0 Å². The molecule has 1 aromatic heterocycles. The summed E-state index contributed by atoms with van der Waals surface area (Å²) in [4.78, 5) is 23.8. The van der Waals surface area contributed by atoms with Gasteiger partial charge in [-0.05, 0) is 38.0 Å². The zero-order valence-electron chi connectivity index (χ0n) is 12.9. The van der Waals surface area contributed by atoms with E-state index >= 15 is 0 Å². The van der Waals surface area contributed by atoms with Crippen LogP contribution in [0, 0.1) is 12.7 Å². The van der Waals surface area contributed by atoms with Crippen molar-refractivity contribution >= 4 is 17.6 Å². The Morgan fingerprint density at radius 3 is 2.61 bits per heavy atom. The van der Waals surface area contributed by atoms with Gasteiger partial charge in [0.2, 0.25) is 11.8 Å². The maximum Gasteiger partial charge on any atom is 0.247 e. The van der Waals surface area contributed by atoms with Gasteiger partial charge in [0.05, 0.1) is 0 Å². The molecule has 1 atom stereocenters. The van der Waals surface area contributed by atoms with E-state index in [1.165, 1.54) is 12.1 Å². The largest absolute Gasteiger partial charge is 0.360 e. The average molecular weight is 319 g/mol. The summed E-state index contributed by atoms with van der Waals surface area (Å²) in [7, 11) is 0. The lowest BCUT2D eigenvalue weighted by molar-refractivity contribution is -0.126. The van der Waals surface area contributed by atoms with Crippen LogP contribution in [0.25, 0.3) is 0 Å². The second-order valence-electron chi connectivity index (χ2n) is 5.23. The summed E-state index contributed by atoms with van der Waals surface area (Å²) < 4.78 is 17.6. The van der Waals surface area contributed by atoms with E-state index in [0.29, 0.717) is 18.0 Å². The third kappa shape index (κ3) is 5.21. The highest BCUT2D eigenvalue weighted by Gasteiger charge is 2.16. The molecule has 122 valence electrons. The Bertz CT molecular complexity index is 682. The van der Waals surface area contributed by atoms with Crippen molar-refractivity contribution in [3.8, 4) is 0 Å². The van der Waals surface area contributed by atoms with Crippen molar-refractivity contribution in [1.29, 1.82) is 0 Å². The van der Waals surface area contributed by atoms with Crippen molar-refractivity contribution in [1.82, 2.24) is 10.5 Å². The van der Waals surface area contributed by atoms with Gasteiger partial charge in [-0.3, -0.25) is 9.59 Å². The molecule has 1 heterocycles. The third-order valence-corrected chi connectivity index (χ3v) is 3.20. The SMILES string of the molecule is Cc1cc(NC(=O)C(C)NC(=O)CCc2ccc(F)cc2)no1. The molecule has 6 nitrogen and oxygen atoms in total. The van der Waals surface area contributed by atoms with Crippen molar-refractivity contribution in [3.05, 3.63) is 47.5 Å². The maximum atomic E-state index is 12.8. The number of nitrogens with one attached hydrogen (secondary N) is 2. The fourth-order valence-corrected chi connectivity index (χ4v) is 1.95. The second-order valence-corrected chi connectivity index (χ2v) is 5.23. The highest BCUT2D eigenvalue weighted by Crippen LogP contribution is 2.08. The van der Waals surface area contributed by atoms with E-state index in [-0.39, 0.29) is 24.1 Å². The lowest BCUT2D eigenvalue weighted by Gasteiger charge is -2.12. The number of amides is 2. The Morgan fingerprint density at radius 1 is 1.30 bits per heavy atom. The van der Waals surface area contributed by atoms with Crippen LogP contribution in [-0.4, -0.2) is 23.0 Å². The molecular formula is C16H18FN3O3. The van der Waals surface area contributed by atoms with Crippen LogP contribution in [0.1, 0.15) is 24.7 Å². The Kier molecular flexibility index (Phi) is 5.46. The van der Waals surface area contributed by atoms with Crippen LogP contribution in [0.3, 0.4) is 0 Å². The minimum Gasteiger partial charge on any atom is -0.360 e. The van der Waals surface area contributed by atoms with Gasteiger partial charge in [0.15, 0.2) is 5.82 Å². The number of aryl methyl sites for hydroxylation is 2. The Morgan fingerprint density at radius 2 is 2.00 bits per heavy atom. The minimum atomic E-state index is -0.701. The monoisotopic (exact) mass is 319 g/mol. The molecule has 2 N–H and O–H groups in total. The van der Waals surface area contributed by atoms with Gasteiger partial charge in [-0.25, -0.2) is 4.39 Å². The summed E-state index contributed by atoms with van der Waals surface area (Å²) in [6.07, 6.45) is 0.690. The van der Waals surface area contributed by atoms with Crippen LogP contribution in [0.2, 0.25) is 0 Å². The fraction of sp³-hybridized carbons (Fsp3) is 0.312. The number of rotatable bonds is 6. The number of anilines is 1. The van der Waals surface area contributed by atoms with Gasteiger partial charge in [-0.15, -0.1) is 0 Å². The minimum absolute atomic E-state index is 0.215. The maximum absolute atomic E-state index is 12.8. The number of nitrogens with zero attached hydrogens (tertiary/aromatic N) is 1. The summed E-state index contributed by atoms with van der Waals surface area (Å²) in [5, 5.41) is 8.80. The van der Waals surface area contributed by atoms with Gasteiger partial charge in [0, 0.05) is 12.5 Å². The predicted molar refractivity (Wildman–Crippen MR) is 82.2 cm³/mol. The van der Waals surface area contributed by atoms with Gasteiger partial charge < -0.3 is 15.2 Å². The number of hydrogen-bond acceptors (Lipinski definition) is 4. The first-order valence-electron chi connectivity index (χ1n) is 7.22. The highest BCUT2D eigenvalue weighted by molar-refractivity contribution is 5.96. The third-order valence-electron chi connectivity index (χ3n) is 3.20. The summed E-state index contributed by atoms with van der Waals surface area (Å²) in [6, 6.07) is 6.85. The van der Waals surface area contributed by atoms with Gasteiger partial charge in [0.25, 0.3) is 0 Å². The van der Waals surface area contributed by atoms with Crippen LogP contribution in [0.15, 0.2) is 34.9 Å². The molecule has 0 aliphatic carbocycles. The number of carbonyl (C=O) groups excluding carboxylic acids is 2.